The first kappa shape index (κ1) is 38.1. The van der Waals surface area contributed by atoms with Crippen LogP contribution < -0.4 is 10.8 Å². The maximum Gasteiger partial charge on any atom is 0.323 e. The number of hydroxylamine groups is 1. The topological polar surface area (TPSA) is 147 Å². The lowest BCUT2D eigenvalue weighted by atomic mass is 9.98. The number of hydrogen-bond donors (Lipinski definition) is 4. The van der Waals surface area contributed by atoms with Gasteiger partial charge in [0, 0.05) is 37.9 Å². The largest absolute Gasteiger partial charge is 0.459 e. The van der Waals surface area contributed by atoms with Crippen molar-refractivity contribution in [2.45, 2.75) is 109 Å². The molecular weight excluding hydrogens is 650 g/mol. The number of hydrogen-bond acceptors (Lipinski definition) is 9. The van der Waals surface area contributed by atoms with Crippen molar-refractivity contribution in [3.63, 3.8) is 0 Å². The van der Waals surface area contributed by atoms with Crippen LogP contribution in [0.25, 0.3) is 11.1 Å². The minimum Gasteiger partial charge on any atom is -0.459 e. The van der Waals surface area contributed by atoms with Crippen molar-refractivity contribution in [3.8, 4) is 11.1 Å². The lowest BCUT2D eigenvalue weighted by molar-refractivity contribution is -0.253. The molecule has 0 spiro atoms. The van der Waals surface area contributed by atoms with E-state index >= 15 is 0 Å². The summed E-state index contributed by atoms with van der Waals surface area (Å²) in [5.74, 6) is -0.750. The molecule has 2 aliphatic rings. The molecule has 51 heavy (non-hydrogen) atoms. The molecule has 11 heteroatoms. The van der Waals surface area contributed by atoms with Crippen LogP contribution in [0, 0.1) is 0 Å². The maximum atomic E-state index is 13.1. The molecule has 2 heterocycles. The summed E-state index contributed by atoms with van der Waals surface area (Å²) in [7, 11) is 0. The fourth-order valence-corrected chi connectivity index (χ4v) is 6.62. The van der Waals surface area contributed by atoms with Gasteiger partial charge in [0.2, 0.25) is 11.8 Å². The molecule has 4 N–H and O–H groups in total. The Morgan fingerprint density at radius 3 is 2.29 bits per heavy atom. The van der Waals surface area contributed by atoms with Gasteiger partial charge in [-0.25, -0.2) is 5.48 Å². The Bertz CT molecular complexity index is 1620. The van der Waals surface area contributed by atoms with E-state index < -0.39 is 17.8 Å². The van der Waals surface area contributed by atoms with Crippen molar-refractivity contribution in [3.05, 3.63) is 95.1 Å². The van der Waals surface area contributed by atoms with Gasteiger partial charge in [0.05, 0.1) is 18.8 Å². The Morgan fingerprint density at radius 2 is 1.59 bits per heavy atom. The number of aliphatic hydroxyl groups is 1. The molecule has 4 unspecified atom stereocenters. The highest BCUT2D eigenvalue weighted by Gasteiger charge is 2.39. The molecule has 0 radical (unpaired) electrons. The number of esters is 1. The van der Waals surface area contributed by atoms with Crippen molar-refractivity contribution >= 4 is 17.8 Å². The lowest BCUT2D eigenvalue weighted by Gasteiger charge is -2.38. The van der Waals surface area contributed by atoms with Gasteiger partial charge >= 0.3 is 5.97 Å². The number of nitrogens with one attached hydrogen (secondary N) is 2. The average Bonchev–Trinajstić information content (AvgIpc) is 3.60. The van der Waals surface area contributed by atoms with Crippen LogP contribution in [0.2, 0.25) is 0 Å². The number of carbonyl (C=O) groups is 3. The van der Waals surface area contributed by atoms with Crippen molar-refractivity contribution in [2.75, 3.05) is 13.1 Å². The fraction of sp³-hybridized carbons (Fsp3) is 0.475. The summed E-state index contributed by atoms with van der Waals surface area (Å²) < 4.78 is 19.0. The van der Waals surface area contributed by atoms with Crippen LogP contribution >= 0.6 is 0 Å². The number of benzene rings is 3. The zero-order chi connectivity index (χ0) is 36.4. The van der Waals surface area contributed by atoms with Gasteiger partial charge < -0.3 is 24.6 Å². The highest BCUT2D eigenvalue weighted by atomic mass is 16.7. The third-order valence-corrected chi connectivity index (χ3v) is 9.19. The van der Waals surface area contributed by atoms with E-state index in [0.29, 0.717) is 38.8 Å². The minimum atomic E-state index is -0.653. The van der Waals surface area contributed by atoms with E-state index in [4.69, 9.17) is 19.4 Å². The van der Waals surface area contributed by atoms with Crippen molar-refractivity contribution in [2.24, 2.45) is 0 Å². The average molecular weight is 702 g/mol. The predicted molar refractivity (Wildman–Crippen MR) is 191 cm³/mol. The fourth-order valence-electron chi connectivity index (χ4n) is 6.62. The molecule has 2 amide bonds. The van der Waals surface area contributed by atoms with Gasteiger partial charge in [-0.2, -0.15) is 0 Å². The predicted octanol–water partition coefficient (Wildman–Crippen LogP) is 5.88. The number of likely N-dealkylation sites (tertiary alicyclic amines) is 1. The molecular formula is C40H51N3O8. The molecule has 274 valence electrons. The van der Waals surface area contributed by atoms with E-state index in [0.717, 1.165) is 52.8 Å². The zero-order valence-corrected chi connectivity index (χ0v) is 29.8. The monoisotopic (exact) mass is 701 g/mol. The lowest BCUT2D eigenvalue weighted by Crippen LogP contribution is -2.45. The summed E-state index contributed by atoms with van der Waals surface area (Å²) in [4.78, 5) is 38.8. The van der Waals surface area contributed by atoms with Crippen molar-refractivity contribution < 1.29 is 38.9 Å². The summed E-state index contributed by atoms with van der Waals surface area (Å²) in [6.07, 6.45) is 2.70. The van der Waals surface area contributed by atoms with E-state index in [1.54, 1.807) is 5.48 Å². The molecule has 0 aromatic heterocycles. The molecule has 0 aliphatic carbocycles. The molecule has 0 bridgehead atoms. The molecule has 5 rings (SSSR count). The second-order valence-electron chi connectivity index (χ2n) is 14.4. The van der Waals surface area contributed by atoms with E-state index in [9.17, 15) is 19.5 Å². The van der Waals surface area contributed by atoms with Crippen LogP contribution in [0.1, 0.15) is 100 Å². The van der Waals surface area contributed by atoms with Crippen molar-refractivity contribution in [1.82, 2.24) is 15.7 Å². The third kappa shape index (κ3) is 11.2. The van der Waals surface area contributed by atoms with Gasteiger partial charge in [-0.05, 0) is 92.9 Å². The standard InChI is InChI=1S/C40H51N3O8/c1-40(2,3)51-38(47)34-13-8-20-43(34)25-33-23-35(29-18-16-27(26-44)17-19-29)50-39(49-33)32-12-7-11-31(22-32)30-10-6-9-28(21-30)24-41-36(45)14-4-5-15-37(46)42-48/h6-7,9-12,16-19,21-22,33-35,39,44,48H,4-5,8,13-15,20,23-26H2,1-3H3,(H,41,45)(H,42,46). The molecule has 4 atom stereocenters. The van der Waals surface area contributed by atoms with Gasteiger partial charge in [0.25, 0.3) is 0 Å². The van der Waals surface area contributed by atoms with Crippen LogP contribution in [-0.4, -0.2) is 63.8 Å². The molecule has 3 aromatic carbocycles. The third-order valence-electron chi connectivity index (χ3n) is 9.19. The first-order valence-corrected chi connectivity index (χ1v) is 17.9. The molecule has 3 aromatic rings. The van der Waals surface area contributed by atoms with Gasteiger partial charge in [0.1, 0.15) is 11.6 Å². The number of rotatable bonds is 14. The maximum absolute atomic E-state index is 13.1. The van der Waals surface area contributed by atoms with E-state index in [2.05, 4.69) is 16.3 Å². The first-order valence-electron chi connectivity index (χ1n) is 17.9. The second-order valence-corrected chi connectivity index (χ2v) is 14.4. The molecule has 2 aliphatic heterocycles. The first-order chi connectivity index (χ1) is 24.5. The van der Waals surface area contributed by atoms with Crippen LogP contribution in [-0.2, 0) is 41.7 Å². The van der Waals surface area contributed by atoms with E-state index in [-0.39, 0.29) is 43.2 Å². The normalized spacial score (nSPS) is 20.9. The Balaban J connectivity index is 1.29. The zero-order valence-electron chi connectivity index (χ0n) is 29.8. The van der Waals surface area contributed by atoms with E-state index in [1.165, 1.54) is 0 Å². The summed E-state index contributed by atoms with van der Waals surface area (Å²) in [5, 5.41) is 21.1. The second kappa shape index (κ2) is 17.9. The summed E-state index contributed by atoms with van der Waals surface area (Å²) >= 11 is 0. The van der Waals surface area contributed by atoms with Crippen LogP contribution in [0.4, 0.5) is 0 Å². The Kier molecular flexibility index (Phi) is 13.4. The number of amides is 2. The summed E-state index contributed by atoms with van der Waals surface area (Å²) in [6.45, 7) is 7.37. The summed E-state index contributed by atoms with van der Waals surface area (Å²) in [6, 6.07) is 23.6. The van der Waals surface area contributed by atoms with Gasteiger partial charge in [0.15, 0.2) is 6.29 Å². The molecule has 2 saturated heterocycles. The van der Waals surface area contributed by atoms with Crippen LogP contribution in [0.5, 0.6) is 0 Å². The van der Waals surface area contributed by atoms with Crippen molar-refractivity contribution in [1.29, 1.82) is 0 Å². The summed E-state index contributed by atoms with van der Waals surface area (Å²) in [5.41, 5.74) is 6.65. The van der Waals surface area contributed by atoms with Gasteiger partial charge in [-0.15, -0.1) is 0 Å². The quantitative estimate of drug-likeness (QED) is 0.0701. The number of ether oxygens (including phenoxy) is 3. The van der Waals surface area contributed by atoms with Crippen LogP contribution in [0.15, 0.2) is 72.8 Å². The van der Waals surface area contributed by atoms with Gasteiger partial charge in [-0.1, -0.05) is 60.7 Å². The van der Waals surface area contributed by atoms with Crippen LogP contribution in [0.3, 0.4) is 0 Å². The Labute approximate surface area is 300 Å². The minimum absolute atomic E-state index is 0.0328. The Morgan fingerprint density at radius 1 is 0.882 bits per heavy atom. The number of nitrogens with zero attached hydrogens (tertiary/aromatic N) is 1. The molecule has 11 nitrogen and oxygen atoms in total. The molecule has 0 saturated carbocycles. The molecule has 2 fully saturated rings. The smallest absolute Gasteiger partial charge is 0.323 e. The number of unbranched alkanes of at least 4 members (excludes halogenated alkanes) is 1. The Hall–Kier alpha value is -4.13. The highest BCUT2D eigenvalue weighted by Crippen LogP contribution is 2.39. The van der Waals surface area contributed by atoms with E-state index in [1.807, 2.05) is 87.5 Å². The number of aliphatic hydroxyl groups excluding tert-OH is 1. The highest BCUT2D eigenvalue weighted by molar-refractivity contribution is 5.77. The SMILES string of the molecule is CC(C)(C)OC(=O)C1CCCN1CC1CC(c2ccc(CO)cc2)OC(c2cccc(-c3cccc(CNC(=O)CCCCC(=O)NO)c3)c2)O1. The van der Waals surface area contributed by atoms with Gasteiger partial charge in [-0.3, -0.25) is 24.5 Å². The number of carbonyl (C=O) groups excluding carboxylic acids is 3.